The number of ether oxygens (including phenoxy) is 1. The Balaban J connectivity index is 1.38. The number of aryl methyl sites for hydroxylation is 3. The highest BCUT2D eigenvalue weighted by Gasteiger charge is 2.34. The molecule has 2 aliphatic rings. The molecule has 2 aromatic carbocycles. The van der Waals surface area contributed by atoms with Gasteiger partial charge in [0.1, 0.15) is 6.04 Å². The lowest BCUT2D eigenvalue weighted by Crippen LogP contribution is -2.49. The molecule has 9 heteroatoms. The fourth-order valence-corrected chi connectivity index (χ4v) is 6.01. The van der Waals surface area contributed by atoms with Crippen LogP contribution < -0.4 is 10.5 Å². The second-order valence-corrected chi connectivity index (χ2v) is 11.1. The Morgan fingerprint density at radius 2 is 1.82 bits per heavy atom. The van der Waals surface area contributed by atoms with Crippen molar-refractivity contribution in [3.63, 3.8) is 0 Å². The highest BCUT2D eigenvalue weighted by molar-refractivity contribution is 5.81. The minimum absolute atomic E-state index is 0.0922. The molecule has 0 radical (unpaired) electrons. The summed E-state index contributed by atoms with van der Waals surface area (Å²) in [5.74, 6) is 0.694. The SMILES string of the molecule is Cc1cc2cc([C@@H](c3nnnn3C[C@H]3CCCO3)N3CCN(c4cccc(C)c4C)CC3)c(=O)[nH]c2cc1C. The van der Waals surface area contributed by atoms with E-state index in [0.29, 0.717) is 17.9 Å². The van der Waals surface area contributed by atoms with Crippen LogP contribution in [-0.4, -0.2) is 69.0 Å². The summed E-state index contributed by atoms with van der Waals surface area (Å²) in [6.07, 6.45) is 2.14. The van der Waals surface area contributed by atoms with Crippen LogP contribution in [0.1, 0.15) is 52.5 Å². The number of aromatic nitrogens is 5. The van der Waals surface area contributed by atoms with Gasteiger partial charge in [0, 0.05) is 49.6 Å². The maximum atomic E-state index is 13.6. The Morgan fingerprint density at radius 3 is 2.59 bits per heavy atom. The predicted molar refractivity (Wildman–Crippen MR) is 152 cm³/mol. The highest BCUT2D eigenvalue weighted by Crippen LogP contribution is 2.31. The number of H-pyrrole nitrogens is 1. The molecule has 2 atom stereocenters. The van der Waals surface area contributed by atoms with Crippen LogP contribution in [0.4, 0.5) is 5.69 Å². The maximum absolute atomic E-state index is 13.6. The van der Waals surface area contributed by atoms with Crippen LogP contribution in [0.5, 0.6) is 0 Å². The molecule has 0 saturated carbocycles. The molecule has 0 spiro atoms. The summed E-state index contributed by atoms with van der Waals surface area (Å²) in [4.78, 5) is 21.6. The number of fused-ring (bicyclic) bond motifs is 1. The van der Waals surface area contributed by atoms with Crippen molar-refractivity contribution in [3.05, 3.63) is 80.4 Å². The number of piperazine rings is 1. The normalized spacial score (nSPS) is 19.2. The lowest BCUT2D eigenvalue weighted by atomic mass is 10.00. The van der Waals surface area contributed by atoms with Gasteiger partial charge in [-0.2, -0.15) is 0 Å². The van der Waals surface area contributed by atoms with E-state index in [2.05, 4.69) is 88.3 Å². The molecule has 2 saturated heterocycles. The molecule has 2 fully saturated rings. The van der Waals surface area contributed by atoms with E-state index in [0.717, 1.165) is 62.1 Å². The summed E-state index contributed by atoms with van der Waals surface area (Å²) in [7, 11) is 0. The number of rotatable bonds is 6. The number of nitrogens with zero attached hydrogens (tertiary/aromatic N) is 6. The monoisotopic (exact) mass is 527 g/mol. The Morgan fingerprint density at radius 1 is 1.03 bits per heavy atom. The van der Waals surface area contributed by atoms with Gasteiger partial charge < -0.3 is 14.6 Å². The van der Waals surface area contributed by atoms with Crippen LogP contribution in [0.3, 0.4) is 0 Å². The second-order valence-electron chi connectivity index (χ2n) is 11.1. The average Bonchev–Trinajstić information content (AvgIpc) is 3.61. The summed E-state index contributed by atoms with van der Waals surface area (Å²) >= 11 is 0. The summed E-state index contributed by atoms with van der Waals surface area (Å²) in [5.41, 5.74) is 7.68. The standard InChI is InChI=1S/C30H37N7O2/c1-19-7-5-9-27(22(19)4)35-10-12-36(13-11-35)28(29-32-33-34-37(29)18-24-8-6-14-39-24)25-17-23-15-20(2)21(3)16-26(23)31-30(25)38/h5,7,9,15-17,24,28H,6,8,10-14,18H2,1-4H3,(H,31,38)/t24-,28+/m1/s1. The summed E-state index contributed by atoms with van der Waals surface area (Å²) in [6, 6.07) is 12.4. The first-order valence-electron chi connectivity index (χ1n) is 14.0. The number of pyridine rings is 1. The van der Waals surface area contributed by atoms with Crippen molar-refractivity contribution in [2.45, 2.75) is 59.2 Å². The van der Waals surface area contributed by atoms with Crippen molar-refractivity contribution in [1.82, 2.24) is 30.1 Å². The second kappa shape index (κ2) is 10.5. The van der Waals surface area contributed by atoms with Crippen LogP contribution in [0.15, 0.2) is 41.2 Å². The van der Waals surface area contributed by atoms with E-state index in [1.54, 1.807) is 0 Å². The number of nitrogens with one attached hydrogen (secondary N) is 1. The summed E-state index contributed by atoms with van der Waals surface area (Å²) < 4.78 is 7.75. The van der Waals surface area contributed by atoms with Crippen molar-refractivity contribution >= 4 is 16.6 Å². The van der Waals surface area contributed by atoms with Gasteiger partial charge in [0.25, 0.3) is 5.56 Å². The maximum Gasteiger partial charge on any atom is 0.253 e. The molecular weight excluding hydrogens is 490 g/mol. The van der Waals surface area contributed by atoms with Gasteiger partial charge in [-0.25, -0.2) is 4.68 Å². The topological polar surface area (TPSA) is 92.2 Å². The number of tetrazole rings is 1. The first-order valence-corrected chi connectivity index (χ1v) is 14.0. The minimum atomic E-state index is -0.364. The fourth-order valence-electron chi connectivity index (χ4n) is 6.01. The summed E-state index contributed by atoms with van der Waals surface area (Å²) in [5, 5.41) is 13.9. The molecule has 9 nitrogen and oxygen atoms in total. The van der Waals surface area contributed by atoms with Gasteiger partial charge in [0.15, 0.2) is 5.82 Å². The zero-order chi connectivity index (χ0) is 27.1. The molecule has 0 bridgehead atoms. The van der Waals surface area contributed by atoms with E-state index in [-0.39, 0.29) is 17.7 Å². The molecule has 4 heterocycles. The van der Waals surface area contributed by atoms with Crippen molar-refractivity contribution in [1.29, 1.82) is 0 Å². The van der Waals surface area contributed by atoms with Gasteiger partial charge in [-0.05, 0) is 103 Å². The molecule has 0 aliphatic carbocycles. The van der Waals surface area contributed by atoms with Gasteiger partial charge >= 0.3 is 0 Å². The van der Waals surface area contributed by atoms with Gasteiger partial charge in [0.2, 0.25) is 0 Å². The van der Waals surface area contributed by atoms with Crippen molar-refractivity contribution in [2.24, 2.45) is 0 Å². The van der Waals surface area contributed by atoms with Crippen LogP contribution >= 0.6 is 0 Å². The van der Waals surface area contributed by atoms with E-state index < -0.39 is 0 Å². The van der Waals surface area contributed by atoms with Crippen molar-refractivity contribution in [2.75, 3.05) is 37.7 Å². The molecule has 0 unspecified atom stereocenters. The van der Waals surface area contributed by atoms with E-state index in [1.165, 1.54) is 22.4 Å². The number of hydrogen-bond donors (Lipinski definition) is 1. The molecule has 4 aromatic rings. The van der Waals surface area contributed by atoms with Crippen LogP contribution in [0.2, 0.25) is 0 Å². The molecular formula is C30H37N7O2. The van der Waals surface area contributed by atoms with Gasteiger partial charge in [-0.15, -0.1) is 5.10 Å². The van der Waals surface area contributed by atoms with E-state index >= 15 is 0 Å². The van der Waals surface area contributed by atoms with Crippen LogP contribution in [0.25, 0.3) is 10.9 Å². The third-order valence-corrected chi connectivity index (χ3v) is 8.58. The lowest BCUT2D eigenvalue weighted by Gasteiger charge is -2.40. The van der Waals surface area contributed by atoms with Gasteiger partial charge in [-0.1, -0.05) is 12.1 Å². The lowest BCUT2D eigenvalue weighted by molar-refractivity contribution is 0.0906. The molecule has 6 rings (SSSR count). The largest absolute Gasteiger partial charge is 0.376 e. The Labute approximate surface area is 228 Å². The Hall–Kier alpha value is -3.56. The van der Waals surface area contributed by atoms with E-state index in [9.17, 15) is 4.79 Å². The zero-order valence-corrected chi connectivity index (χ0v) is 23.3. The number of aromatic amines is 1. The molecule has 1 N–H and O–H groups in total. The summed E-state index contributed by atoms with van der Waals surface area (Å²) in [6.45, 7) is 13.2. The molecule has 0 amide bonds. The van der Waals surface area contributed by atoms with Gasteiger partial charge in [0.05, 0.1) is 12.6 Å². The van der Waals surface area contributed by atoms with Crippen molar-refractivity contribution in [3.8, 4) is 0 Å². The first-order chi connectivity index (χ1) is 18.9. The van der Waals surface area contributed by atoms with Crippen LogP contribution in [-0.2, 0) is 11.3 Å². The minimum Gasteiger partial charge on any atom is -0.376 e. The third-order valence-electron chi connectivity index (χ3n) is 8.58. The van der Waals surface area contributed by atoms with E-state index in [1.807, 2.05) is 10.7 Å². The van der Waals surface area contributed by atoms with Gasteiger partial charge in [-0.3, -0.25) is 9.69 Å². The average molecular weight is 528 g/mol. The molecule has 204 valence electrons. The first kappa shape index (κ1) is 25.7. The predicted octanol–water partition coefficient (Wildman–Crippen LogP) is 3.84. The molecule has 39 heavy (non-hydrogen) atoms. The highest BCUT2D eigenvalue weighted by atomic mass is 16.5. The molecule has 2 aromatic heterocycles. The van der Waals surface area contributed by atoms with E-state index in [4.69, 9.17) is 4.74 Å². The Kier molecular flexibility index (Phi) is 6.95. The smallest absolute Gasteiger partial charge is 0.253 e. The van der Waals surface area contributed by atoms with Crippen LogP contribution in [0, 0.1) is 27.7 Å². The third kappa shape index (κ3) is 4.96. The van der Waals surface area contributed by atoms with Crippen molar-refractivity contribution < 1.29 is 4.74 Å². The number of hydrogen-bond acceptors (Lipinski definition) is 7. The quantitative estimate of drug-likeness (QED) is 0.407. The Bertz CT molecular complexity index is 1540. The molecule has 2 aliphatic heterocycles. The fraction of sp³-hybridized carbons (Fsp3) is 0.467. The number of anilines is 1. The zero-order valence-electron chi connectivity index (χ0n) is 23.3. The number of benzene rings is 2.